The summed E-state index contributed by atoms with van der Waals surface area (Å²) < 4.78 is 0. The van der Waals surface area contributed by atoms with Gasteiger partial charge in [0.05, 0.1) is 0 Å². The lowest BCUT2D eigenvalue weighted by atomic mass is 9.85. The molecule has 132 valence electrons. The van der Waals surface area contributed by atoms with Gasteiger partial charge < -0.3 is 16.0 Å². The first kappa shape index (κ1) is 22.2. The second-order valence-corrected chi connectivity index (χ2v) is 7.28. The van der Waals surface area contributed by atoms with E-state index in [-0.39, 0.29) is 34.9 Å². The maximum absolute atomic E-state index is 4.29. The van der Waals surface area contributed by atoms with Crippen LogP contribution in [0.4, 0.5) is 0 Å². The third-order valence-electron chi connectivity index (χ3n) is 3.55. The molecule has 0 atom stereocenters. The van der Waals surface area contributed by atoms with Crippen LogP contribution >= 0.6 is 24.0 Å². The summed E-state index contributed by atoms with van der Waals surface area (Å²) in [6.45, 7) is 13.6. The Kier molecular flexibility index (Phi) is 9.77. The Morgan fingerprint density at radius 3 is 2.09 bits per heavy atom. The first-order valence-electron chi connectivity index (χ1n) is 8.00. The van der Waals surface area contributed by atoms with Gasteiger partial charge in [-0.25, -0.2) is 0 Å². The highest BCUT2D eigenvalue weighted by Gasteiger charge is 2.20. The van der Waals surface area contributed by atoms with Crippen molar-refractivity contribution in [3.8, 4) is 0 Å². The molecule has 1 aromatic rings. The molecule has 0 spiro atoms. The maximum Gasteiger partial charge on any atom is 0.191 e. The Balaban J connectivity index is 0.00000484. The van der Waals surface area contributed by atoms with E-state index in [2.05, 4.69) is 85.9 Å². The van der Waals surface area contributed by atoms with E-state index < -0.39 is 0 Å². The van der Waals surface area contributed by atoms with Gasteiger partial charge in [0.2, 0.25) is 0 Å². The smallest absolute Gasteiger partial charge is 0.191 e. The standard InChI is InChI=1S/C18H32N4.HI/c1-17(2,3)22-13-12-20-16(19-6)21-14-18(4,5)15-10-8-7-9-11-15;/h7-11,22H,12-14H2,1-6H3,(H2,19,20,21);1H. The van der Waals surface area contributed by atoms with Crippen molar-refractivity contribution in [2.24, 2.45) is 4.99 Å². The molecule has 4 nitrogen and oxygen atoms in total. The van der Waals surface area contributed by atoms with Crippen molar-refractivity contribution < 1.29 is 0 Å². The van der Waals surface area contributed by atoms with Gasteiger partial charge in [0, 0.05) is 37.6 Å². The molecule has 0 amide bonds. The van der Waals surface area contributed by atoms with E-state index in [9.17, 15) is 0 Å². The minimum absolute atomic E-state index is 0. The lowest BCUT2D eigenvalue weighted by molar-refractivity contribution is 0.428. The van der Waals surface area contributed by atoms with Crippen molar-refractivity contribution in [1.82, 2.24) is 16.0 Å². The number of guanidine groups is 1. The van der Waals surface area contributed by atoms with Gasteiger partial charge in [-0.1, -0.05) is 44.2 Å². The van der Waals surface area contributed by atoms with Crippen LogP contribution in [-0.2, 0) is 5.41 Å². The van der Waals surface area contributed by atoms with Crippen molar-refractivity contribution in [1.29, 1.82) is 0 Å². The number of rotatable bonds is 6. The number of nitrogens with one attached hydrogen (secondary N) is 3. The number of benzene rings is 1. The Morgan fingerprint density at radius 1 is 0.957 bits per heavy atom. The van der Waals surface area contributed by atoms with Crippen LogP contribution in [0, 0.1) is 0 Å². The SMILES string of the molecule is CN=C(NCCNC(C)(C)C)NCC(C)(C)c1ccccc1.I. The minimum Gasteiger partial charge on any atom is -0.356 e. The molecule has 0 saturated carbocycles. The average molecular weight is 432 g/mol. The largest absolute Gasteiger partial charge is 0.356 e. The van der Waals surface area contributed by atoms with Gasteiger partial charge in [-0.3, -0.25) is 4.99 Å². The van der Waals surface area contributed by atoms with Crippen molar-refractivity contribution in [3.63, 3.8) is 0 Å². The van der Waals surface area contributed by atoms with Crippen LogP contribution in [-0.4, -0.2) is 38.2 Å². The summed E-state index contributed by atoms with van der Waals surface area (Å²) in [5.41, 5.74) is 1.53. The first-order chi connectivity index (χ1) is 10.2. The van der Waals surface area contributed by atoms with Crippen molar-refractivity contribution in [3.05, 3.63) is 35.9 Å². The molecular weight excluding hydrogens is 399 g/mol. The predicted octanol–water partition coefficient (Wildman–Crippen LogP) is 3.14. The molecule has 0 saturated heterocycles. The summed E-state index contributed by atoms with van der Waals surface area (Å²) >= 11 is 0. The number of hydrogen-bond donors (Lipinski definition) is 3. The highest BCUT2D eigenvalue weighted by atomic mass is 127. The van der Waals surface area contributed by atoms with Gasteiger partial charge in [-0.2, -0.15) is 0 Å². The maximum atomic E-state index is 4.29. The van der Waals surface area contributed by atoms with Crippen LogP contribution in [0.2, 0.25) is 0 Å². The zero-order valence-corrected chi connectivity index (χ0v) is 17.7. The van der Waals surface area contributed by atoms with Crippen LogP contribution in [0.3, 0.4) is 0 Å². The first-order valence-corrected chi connectivity index (χ1v) is 8.00. The van der Waals surface area contributed by atoms with E-state index >= 15 is 0 Å². The second-order valence-electron chi connectivity index (χ2n) is 7.28. The molecule has 5 heteroatoms. The molecule has 0 unspecified atom stereocenters. The summed E-state index contributed by atoms with van der Waals surface area (Å²) in [5.74, 6) is 0.847. The van der Waals surface area contributed by atoms with Gasteiger partial charge in [0.25, 0.3) is 0 Å². The lowest BCUT2D eigenvalue weighted by Crippen LogP contribution is -2.47. The highest BCUT2D eigenvalue weighted by Crippen LogP contribution is 2.21. The zero-order chi connectivity index (χ0) is 16.6. The molecule has 3 N–H and O–H groups in total. The van der Waals surface area contributed by atoms with Gasteiger partial charge in [0.15, 0.2) is 5.96 Å². The van der Waals surface area contributed by atoms with Gasteiger partial charge in [0.1, 0.15) is 0 Å². The second kappa shape index (κ2) is 10.1. The molecule has 0 aliphatic rings. The normalized spacial score (nSPS) is 12.5. The molecule has 1 rings (SSSR count). The van der Waals surface area contributed by atoms with E-state index in [0.29, 0.717) is 0 Å². The van der Waals surface area contributed by atoms with Gasteiger partial charge in [-0.15, -0.1) is 24.0 Å². The molecule has 0 fully saturated rings. The number of hydrogen-bond acceptors (Lipinski definition) is 2. The lowest BCUT2D eigenvalue weighted by Gasteiger charge is -2.27. The van der Waals surface area contributed by atoms with Crippen molar-refractivity contribution in [2.75, 3.05) is 26.7 Å². The third-order valence-corrected chi connectivity index (χ3v) is 3.55. The topological polar surface area (TPSA) is 48.5 Å². The highest BCUT2D eigenvalue weighted by molar-refractivity contribution is 14.0. The number of aliphatic imine (C=N–C) groups is 1. The summed E-state index contributed by atoms with van der Waals surface area (Å²) in [6.07, 6.45) is 0. The van der Waals surface area contributed by atoms with E-state index in [0.717, 1.165) is 25.6 Å². The minimum atomic E-state index is 0. The molecule has 0 aliphatic carbocycles. The Hall–Kier alpha value is -0.820. The van der Waals surface area contributed by atoms with Crippen LogP contribution in [0.25, 0.3) is 0 Å². The molecule has 0 heterocycles. The van der Waals surface area contributed by atoms with E-state index in [1.165, 1.54) is 5.56 Å². The summed E-state index contributed by atoms with van der Waals surface area (Å²) in [4.78, 5) is 4.29. The molecule has 0 bridgehead atoms. The summed E-state index contributed by atoms with van der Waals surface area (Å²) in [6, 6.07) is 10.6. The summed E-state index contributed by atoms with van der Waals surface area (Å²) in [5, 5.41) is 10.2. The van der Waals surface area contributed by atoms with Crippen molar-refractivity contribution in [2.45, 2.75) is 45.6 Å². The summed E-state index contributed by atoms with van der Waals surface area (Å²) in [7, 11) is 1.81. The van der Waals surface area contributed by atoms with E-state index in [1.807, 2.05) is 7.05 Å². The van der Waals surface area contributed by atoms with Gasteiger partial charge >= 0.3 is 0 Å². The van der Waals surface area contributed by atoms with Crippen LogP contribution in [0.1, 0.15) is 40.2 Å². The zero-order valence-electron chi connectivity index (χ0n) is 15.4. The van der Waals surface area contributed by atoms with E-state index in [1.54, 1.807) is 0 Å². The molecule has 0 aromatic heterocycles. The Bertz CT molecular complexity index is 464. The number of halogens is 1. The molecule has 23 heavy (non-hydrogen) atoms. The number of nitrogens with zero attached hydrogens (tertiary/aromatic N) is 1. The van der Waals surface area contributed by atoms with Gasteiger partial charge in [-0.05, 0) is 26.3 Å². The Morgan fingerprint density at radius 2 is 1.57 bits per heavy atom. The quantitative estimate of drug-likeness (QED) is 0.280. The van der Waals surface area contributed by atoms with Crippen molar-refractivity contribution >= 4 is 29.9 Å². The molecule has 0 radical (unpaired) electrons. The average Bonchev–Trinajstić information content (AvgIpc) is 2.46. The molecule has 1 aromatic carbocycles. The fourth-order valence-electron chi connectivity index (χ4n) is 2.14. The Labute approximate surface area is 158 Å². The fourth-order valence-corrected chi connectivity index (χ4v) is 2.14. The van der Waals surface area contributed by atoms with E-state index in [4.69, 9.17) is 0 Å². The molecular formula is C18H33IN4. The predicted molar refractivity (Wildman–Crippen MR) is 112 cm³/mol. The van der Waals surface area contributed by atoms with Crippen LogP contribution in [0.15, 0.2) is 35.3 Å². The fraction of sp³-hybridized carbons (Fsp3) is 0.611. The third kappa shape index (κ3) is 9.15. The molecule has 0 aliphatic heterocycles. The van der Waals surface area contributed by atoms with Crippen LogP contribution in [0.5, 0.6) is 0 Å². The van der Waals surface area contributed by atoms with Crippen LogP contribution < -0.4 is 16.0 Å². The monoisotopic (exact) mass is 432 g/mol.